The Kier molecular flexibility index (Phi) is 35.8. The maximum absolute atomic E-state index is 14.8. The number of halogens is 21. The second-order valence-corrected chi connectivity index (χ2v) is 41.7. The zero-order valence-electron chi connectivity index (χ0n) is 76.0. The van der Waals surface area contributed by atoms with E-state index in [2.05, 4.69) is 39.0 Å². The third-order valence-corrected chi connectivity index (χ3v) is 24.9. The van der Waals surface area contributed by atoms with E-state index in [1.807, 2.05) is 0 Å². The maximum atomic E-state index is 14.8. The van der Waals surface area contributed by atoms with Gasteiger partial charge in [-0.25, -0.2) is 44.6 Å². The number of phenolic OH excluding ortho intramolecular Hbond substituents is 1. The summed E-state index contributed by atoms with van der Waals surface area (Å²) in [7, 11) is -12.0. The van der Waals surface area contributed by atoms with Crippen molar-refractivity contribution < 1.29 is 189 Å². The van der Waals surface area contributed by atoms with E-state index < -0.39 is 240 Å². The highest BCUT2D eigenvalue weighted by Gasteiger charge is 2.73. The van der Waals surface area contributed by atoms with Crippen molar-refractivity contribution in [2.45, 2.75) is 222 Å². The molecule has 4 heterocycles. The van der Waals surface area contributed by atoms with Crippen LogP contribution in [-0.2, 0) is 97.6 Å². The molecule has 0 saturated carbocycles. The van der Waals surface area contributed by atoms with Gasteiger partial charge in [0.1, 0.15) is 76.5 Å². The summed E-state index contributed by atoms with van der Waals surface area (Å²) in [5.41, 5.74) is -12.2. The summed E-state index contributed by atoms with van der Waals surface area (Å²) in [6, 6.07) is 13.4. The van der Waals surface area contributed by atoms with Gasteiger partial charge in [0.05, 0.1) is 47.0 Å². The molecular weight excluding hydrogens is 1940 g/mol. The van der Waals surface area contributed by atoms with Gasteiger partial charge in [0.2, 0.25) is 20.0 Å². The molecule has 0 aromatic heterocycles. The van der Waals surface area contributed by atoms with Crippen LogP contribution in [0.3, 0.4) is 0 Å². The number of piperidine rings is 2. The zero-order chi connectivity index (χ0) is 104. The van der Waals surface area contributed by atoms with Gasteiger partial charge in [-0.05, 0) is 218 Å². The number of aryl methyl sites for hydroxylation is 4. The fourth-order valence-corrected chi connectivity index (χ4v) is 16.1. The number of esters is 2. The Morgan fingerprint density at radius 3 is 1.11 bits per heavy atom. The number of hydrogen-bond donors (Lipinski definition) is 3. The third-order valence-electron chi connectivity index (χ3n) is 20.1. The predicted molar refractivity (Wildman–Crippen MR) is 444 cm³/mol. The fourth-order valence-electron chi connectivity index (χ4n) is 12.7. The van der Waals surface area contributed by atoms with Crippen molar-refractivity contribution in [1.82, 2.24) is 29.0 Å². The van der Waals surface area contributed by atoms with E-state index in [-0.39, 0.29) is 99.2 Å². The molecule has 8 rings (SSSR count). The number of amidine groups is 2. The van der Waals surface area contributed by atoms with Crippen molar-refractivity contribution in [1.29, 1.82) is 0 Å². The van der Waals surface area contributed by atoms with Gasteiger partial charge >= 0.3 is 87.6 Å². The van der Waals surface area contributed by atoms with E-state index in [4.69, 9.17) is 18.9 Å². The van der Waals surface area contributed by atoms with Gasteiger partial charge in [0.25, 0.3) is 11.8 Å². The van der Waals surface area contributed by atoms with Crippen molar-refractivity contribution in [3.63, 3.8) is 0 Å². The number of likely N-dealkylation sites (N-methyl/N-ethyl adjacent to an activating group) is 2. The van der Waals surface area contributed by atoms with Crippen LogP contribution in [0, 0.1) is 13.8 Å². The lowest BCUT2D eigenvalue weighted by Gasteiger charge is -2.34. The lowest BCUT2D eigenvalue weighted by Crippen LogP contribution is -2.58. The quantitative estimate of drug-likeness (QED) is 0.0102. The number of ether oxygens (including phenoxy) is 7. The minimum atomic E-state index is -6.73. The standard InChI is InChI=1S/C41H51F9N4O9S.C28H32F3N3O6S.C14H20F9NO6S/c1-25-19-27(32(55)62-35(2,3)4)10-9-26(25)11-18-64(58,59)54-14-12-37(13-15-54)33(56)51-31(52-37)28-20-29(40(46,47)48)22-30(21-28)61-24-39(44,45)41(49,50)38(42,43)23-60-17-16-53(8)34(57)63-36(5,6)7;1-17-13-19(24(36)40-26(2,3)4)6-5-18(17)7-12-41(38,39)34-10-8-27(9-11-34)25(37)32-23(33-27)20-14-21(28(29,30)31)16-22(35)15-20;1-10(2,3)30-9(25)24(4)5-6-28-7-11(15,16)13(19,20)12(17,18)8-29-31(26,27)14(21,22)23/h9-10,19-22H,11-18,23-24H2,1-8H3,(H,51,52,56);5-6,13-16,35H,7-12H2,1-4H3,(H,32,33,37);5-8H2,1-4H3. The summed E-state index contributed by atoms with van der Waals surface area (Å²) in [5.74, 6) is -40.6. The second-order valence-electron chi connectivity index (χ2n) is 35.9. The van der Waals surface area contributed by atoms with Crippen LogP contribution >= 0.6 is 0 Å². The highest BCUT2D eigenvalue weighted by Crippen LogP contribution is 2.49. The van der Waals surface area contributed by atoms with Crippen molar-refractivity contribution in [2.75, 3.05) is 105 Å². The smallest absolute Gasteiger partial charge is 0.508 e. The lowest BCUT2D eigenvalue weighted by atomic mass is 9.89. The average molecular weight is 2040 g/mol. The number of sulfonamides is 2. The molecule has 0 aliphatic carbocycles. The number of rotatable bonds is 32. The SMILES string of the molecule is CN(CCOCC(F)(F)C(F)(F)C(F)(F)COS(=O)(=O)C(F)(F)F)C(=O)OC(C)(C)C.Cc1cc(C(=O)OC(C)(C)C)ccc1CCS(=O)(=O)N1CCC2(CC1)N=C(c1cc(O)cc(C(F)(F)F)c1)NC2=O.Cc1cc(C(=O)OC(C)(C)C)ccc1CCS(=O)(=O)N1CCC2(CC1)N=C(c1cc(OCC(F)(F)C(F)(F)C(F)(F)COCCN(C)C(=O)OC(C)(C)C)cc(C(F)(F)F)c1)NC2=O. The number of nitrogens with one attached hydrogen (secondary N) is 2. The molecule has 766 valence electrons. The number of alkyl halides is 21. The Morgan fingerprint density at radius 2 is 0.779 bits per heavy atom. The van der Waals surface area contributed by atoms with Crippen molar-refractivity contribution >= 4 is 77.8 Å². The second kappa shape index (κ2) is 42.2. The highest BCUT2D eigenvalue weighted by atomic mass is 32.2. The lowest BCUT2D eigenvalue weighted by molar-refractivity contribution is -0.324. The molecule has 136 heavy (non-hydrogen) atoms. The van der Waals surface area contributed by atoms with Crippen molar-refractivity contribution in [2.24, 2.45) is 9.98 Å². The first-order chi connectivity index (χ1) is 61.4. The van der Waals surface area contributed by atoms with Crippen molar-refractivity contribution in [3.8, 4) is 11.5 Å². The molecule has 4 aromatic carbocycles. The molecule has 3 N–H and O–H groups in total. The van der Waals surface area contributed by atoms with Gasteiger partial charge in [-0.1, -0.05) is 12.1 Å². The van der Waals surface area contributed by atoms with Gasteiger partial charge in [-0.3, -0.25) is 23.8 Å². The molecule has 29 nitrogen and oxygen atoms in total. The summed E-state index contributed by atoms with van der Waals surface area (Å²) in [4.78, 5) is 84.8. The minimum Gasteiger partial charge on any atom is -0.508 e. The Bertz CT molecular complexity index is 5410. The van der Waals surface area contributed by atoms with Crippen LogP contribution in [-0.4, -0.2) is 275 Å². The van der Waals surface area contributed by atoms with E-state index in [9.17, 15) is 151 Å². The van der Waals surface area contributed by atoms with Crippen molar-refractivity contribution in [3.05, 3.63) is 128 Å². The predicted octanol–water partition coefficient (Wildman–Crippen LogP) is 15.0. The Labute approximate surface area is 769 Å². The van der Waals surface area contributed by atoms with Crippen LogP contribution in [0.5, 0.6) is 11.5 Å². The van der Waals surface area contributed by atoms with Crippen LogP contribution in [0.4, 0.5) is 102 Å². The summed E-state index contributed by atoms with van der Waals surface area (Å²) >= 11 is 0. The monoisotopic (exact) mass is 2040 g/mol. The number of benzene rings is 4. The molecule has 4 aliphatic heterocycles. The Hall–Kier alpha value is -9.58. The summed E-state index contributed by atoms with van der Waals surface area (Å²) in [5, 5.41) is 14.6. The van der Waals surface area contributed by atoms with Crippen LogP contribution < -0.4 is 15.4 Å². The maximum Gasteiger partial charge on any atom is 0.523 e. The third kappa shape index (κ3) is 30.7. The van der Waals surface area contributed by atoms with Crippen LogP contribution in [0.1, 0.15) is 174 Å². The van der Waals surface area contributed by atoms with Gasteiger partial charge in [-0.2, -0.15) is 101 Å². The number of aliphatic imine (C=N–C) groups is 2. The number of carbonyl (C=O) groups is 6. The van der Waals surface area contributed by atoms with Gasteiger partial charge < -0.3 is 58.7 Å². The molecule has 4 aromatic rings. The fraction of sp³-hybridized carbons (Fsp3) is 0.614. The Morgan fingerprint density at radius 1 is 0.449 bits per heavy atom. The normalized spacial score (nSPS) is 16.5. The van der Waals surface area contributed by atoms with Crippen LogP contribution in [0.15, 0.2) is 82.8 Å². The first-order valence-electron chi connectivity index (χ1n) is 40.9. The average Bonchev–Trinajstić information content (AvgIpc) is 1.54. The molecule has 4 amide bonds. The number of aromatic hydroxyl groups is 1. The molecule has 2 fully saturated rings. The van der Waals surface area contributed by atoms with Crippen LogP contribution in [0.2, 0.25) is 0 Å². The van der Waals surface area contributed by atoms with Crippen LogP contribution in [0.25, 0.3) is 0 Å². The number of nitrogens with zero attached hydrogens (tertiary/aromatic N) is 6. The molecule has 0 unspecified atom stereocenters. The molecule has 2 saturated heterocycles. The number of phenols is 1. The zero-order valence-corrected chi connectivity index (χ0v) is 78.5. The summed E-state index contributed by atoms with van der Waals surface area (Å²) < 4.78 is 400. The first kappa shape index (κ1) is 115. The molecule has 53 heteroatoms. The van der Waals surface area contributed by atoms with E-state index in [1.165, 1.54) is 38.2 Å². The van der Waals surface area contributed by atoms with E-state index >= 15 is 0 Å². The number of amides is 4. The largest absolute Gasteiger partial charge is 0.523 e. The van der Waals surface area contributed by atoms with Gasteiger partial charge in [-0.15, -0.1) is 0 Å². The molecule has 0 atom stereocenters. The molecule has 0 radical (unpaired) electrons. The topological polar surface area (TPSA) is 361 Å². The highest BCUT2D eigenvalue weighted by molar-refractivity contribution is 7.89. The molecule has 2 spiro atoms. The summed E-state index contributed by atoms with van der Waals surface area (Å²) in [6.07, 6.45) is -11.8. The number of hydrogen-bond acceptors (Lipinski definition) is 23. The first-order valence-corrected chi connectivity index (χ1v) is 45.5. The number of carbonyl (C=O) groups excluding carboxylic acids is 6. The molecule has 4 aliphatic rings. The van der Waals surface area contributed by atoms with E-state index in [0.29, 0.717) is 34.9 Å². The van der Waals surface area contributed by atoms with Gasteiger partial charge in [0, 0.05) is 64.5 Å². The Balaban J connectivity index is 0.000000338. The molecular formula is C83H103F21N8O21S3. The molecule has 0 bridgehead atoms. The van der Waals surface area contributed by atoms with E-state index in [0.717, 1.165) is 44.4 Å². The van der Waals surface area contributed by atoms with Gasteiger partial charge in [0.15, 0.2) is 6.61 Å². The van der Waals surface area contributed by atoms with E-state index in [1.54, 1.807) is 106 Å². The summed E-state index contributed by atoms with van der Waals surface area (Å²) in [6.45, 7) is 9.90. The minimum absolute atomic E-state index is 0.0109.